The third kappa shape index (κ3) is 4.83. The van der Waals surface area contributed by atoms with E-state index in [-0.39, 0.29) is 5.56 Å². The predicted octanol–water partition coefficient (Wildman–Crippen LogP) is 4.44. The molecule has 0 atom stereocenters. The summed E-state index contributed by atoms with van der Waals surface area (Å²) in [7, 11) is 0. The maximum Gasteiger partial charge on any atom is 0.252 e. The Balaban J connectivity index is 1.44. The fourth-order valence-electron chi connectivity index (χ4n) is 4.13. The van der Waals surface area contributed by atoms with Crippen LogP contribution in [0.1, 0.15) is 33.0 Å². The normalized spacial score (nSPS) is 11.5. The molecule has 34 heavy (non-hydrogen) atoms. The van der Waals surface area contributed by atoms with Gasteiger partial charge in [0.05, 0.1) is 18.6 Å². The number of tetrazole rings is 1. The van der Waals surface area contributed by atoms with Crippen LogP contribution in [-0.2, 0) is 26.2 Å². The summed E-state index contributed by atoms with van der Waals surface area (Å²) in [6.07, 6.45) is 0. The number of fused-ring (bicyclic) bond motifs is 1. The minimum absolute atomic E-state index is 0.0544. The van der Waals surface area contributed by atoms with Gasteiger partial charge in [-0.3, -0.25) is 9.69 Å². The van der Waals surface area contributed by atoms with Gasteiger partial charge in [-0.2, -0.15) is 0 Å². The molecule has 0 bridgehead atoms. The number of rotatable bonds is 8. The fraction of sp³-hybridized carbons (Fsp3) is 0.231. The molecule has 0 fully saturated rings. The summed E-state index contributed by atoms with van der Waals surface area (Å²) in [6.45, 7) is 6.44. The predicted molar refractivity (Wildman–Crippen MR) is 135 cm³/mol. The van der Waals surface area contributed by atoms with Crippen molar-refractivity contribution >= 4 is 22.2 Å². The highest BCUT2D eigenvalue weighted by Crippen LogP contribution is 2.21. The molecule has 0 aliphatic heterocycles. The van der Waals surface area contributed by atoms with Crippen molar-refractivity contribution in [1.29, 1.82) is 0 Å². The smallest absolute Gasteiger partial charge is 0.252 e. The van der Waals surface area contributed by atoms with E-state index in [4.69, 9.17) is 0 Å². The van der Waals surface area contributed by atoms with Gasteiger partial charge in [-0.1, -0.05) is 48.5 Å². The molecule has 0 aliphatic rings. The number of nitrogens with zero attached hydrogens (tertiary/aromatic N) is 5. The molecule has 0 amide bonds. The second-order valence-corrected chi connectivity index (χ2v) is 9.59. The minimum Gasteiger partial charge on any atom is -0.321 e. The number of hydrogen-bond acceptors (Lipinski definition) is 6. The van der Waals surface area contributed by atoms with Gasteiger partial charge in [-0.15, -0.1) is 16.4 Å². The molecule has 1 N–H and O–H groups in total. The Morgan fingerprint density at radius 2 is 1.85 bits per heavy atom. The molecule has 8 heteroatoms. The largest absolute Gasteiger partial charge is 0.321 e. The summed E-state index contributed by atoms with van der Waals surface area (Å²) in [6, 6.07) is 20.5. The van der Waals surface area contributed by atoms with Gasteiger partial charge in [-0.25, -0.2) is 4.68 Å². The van der Waals surface area contributed by atoms with E-state index in [9.17, 15) is 4.79 Å². The lowest BCUT2D eigenvalue weighted by Crippen LogP contribution is -2.28. The molecule has 172 valence electrons. The van der Waals surface area contributed by atoms with Gasteiger partial charge in [0.15, 0.2) is 5.82 Å². The average Bonchev–Trinajstić information content (AvgIpc) is 3.50. The Hall–Kier alpha value is -3.62. The molecule has 3 aromatic heterocycles. The van der Waals surface area contributed by atoms with E-state index in [1.807, 2.05) is 41.9 Å². The first kappa shape index (κ1) is 22.2. The lowest BCUT2D eigenvalue weighted by atomic mass is 10.0. The van der Waals surface area contributed by atoms with Crippen molar-refractivity contribution in [3.8, 4) is 0 Å². The molecule has 7 nitrogen and oxygen atoms in total. The number of H-pyrrole nitrogens is 1. The van der Waals surface area contributed by atoms with Gasteiger partial charge < -0.3 is 4.98 Å². The first-order chi connectivity index (χ1) is 16.6. The zero-order valence-electron chi connectivity index (χ0n) is 19.2. The monoisotopic (exact) mass is 470 g/mol. The van der Waals surface area contributed by atoms with Crippen LogP contribution >= 0.6 is 11.3 Å². The van der Waals surface area contributed by atoms with Gasteiger partial charge in [0.2, 0.25) is 0 Å². The van der Waals surface area contributed by atoms with Crippen molar-refractivity contribution in [1.82, 2.24) is 30.1 Å². The van der Waals surface area contributed by atoms with Crippen molar-refractivity contribution < 1.29 is 0 Å². The van der Waals surface area contributed by atoms with Gasteiger partial charge in [-0.05, 0) is 63.9 Å². The molecule has 3 heterocycles. The molecular formula is C26H26N6OS. The van der Waals surface area contributed by atoms with Crippen molar-refractivity contribution in [3.63, 3.8) is 0 Å². The Labute approximate surface area is 201 Å². The molecule has 0 aliphatic carbocycles. The highest BCUT2D eigenvalue weighted by atomic mass is 32.1. The number of aryl methyl sites for hydroxylation is 2. The van der Waals surface area contributed by atoms with Crippen LogP contribution in [-0.4, -0.2) is 30.1 Å². The van der Waals surface area contributed by atoms with Crippen LogP contribution in [0.4, 0.5) is 0 Å². The van der Waals surface area contributed by atoms with Gasteiger partial charge in [0.25, 0.3) is 5.56 Å². The standard InChI is InChI=1S/C26H26N6OS/c1-18-10-11-21-13-22(26(33)27-25(21)19(18)2)15-31(16-23-9-6-12-34-23)17-24-28-29-30-32(24)14-20-7-4-3-5-8-20/h3-13H,14-17H2,1-2H3,(H,27,33). The fourth-order valence-corrected chi connectivity index (χ4v) is 4.88. The lowest BCUT2D eigenvalue weighted by molar-refractivity contribution is 0.238. The number of hydrogen-bond donors (Lipinski definition) is 1. The van der Waals surface area contributed by atoms with E-state index < -0.39 is 0 Å². The molecule has 0 saturated carbocycles. The van der Waals surface area contributed by atoms with Crippen LogP contribution in [0.5, 0.6) is 0 Å². The molecular weight excluding hydrogens is 444 g/mol. The third-order valence-electron chi connectivity index (χ3n) is 6.13. The average molecular weight is 471 g/mol. The number of benzene rings is 2. The molecule has 0 saturated heterocycles. The summed E-state index contributed by atoms with van der Waals surface area (Å²) < 4.78 is 1.83. The highest BCUT2D eigenvalue weighted by molar-refractivity contribution is 7.09. The number of nitrogens with one attached hydrogen (secondary N) is 1. The topological polar surface area (TPSA) is 79.7 Å². The molecule has 5 aromatic rings. The zero-order chi connectivity index (χ0) is 23.5. The quantitative estimate of drug-likeness (QED) is 0.363. The second kappa shape index (κ2) is 9.70. The van der Waals surface area contributed by atoms with Crippen molar-refractivity contribution in [3.05, 3.63) is 109 Å². The summed E-state index contributed by atoms with van der Waals surface area (Å²) >= 11 is 1.71. The molecule has 0 spiro atoms. The summed E-state index contributed by atoms with van der Waals surface area (Å²) in [5.41, 5.74) is 5.00. The van der Waals surface area contributed by atoms with Crippen LogP contribution in [0.15, 0.2) is 70.8 Å². The number of aromatic nitrogens is 5. The Bertz CT molecular complexity index is 1460. The van der Waals surface area contributed by atoms with E-state index in [2.05, 4.69) is 68.0 Å². The number of aromatic amines is 1. The Morgan fingerprint density at radius 3 is 2.65 bits per heavy atom. The van der Waals surface area contributed by atoms with Crippen LogP contribution < -0.4 is 5.56 Å². The zero-order valence-corrected chi connectivity index (χ0v) is 20.0. The van der Waals surface area contributed by atoms with Crippen LogP contribution in [0.25, 0.3) is 10.9 Å². The van der Waals surface area contributed by atoms with E-state index in [0.717, 1.165) is 33.4 Å². The number of thiophene rings is 1. The number of pyridine rings is 1. The third-order valence-corrected chi connectivity index (χ3v) is 6.99. The molecule has 0 radical (unpaired) electrons. The van der Waals surface area contributed by atoms with Gasteiger partial charge in [0, 0.05) is 23.5 Å². The first-order valence-corrected chi connectivity index (χ1v) is 12.1. The Morgan fingerprint density at radius 1 is 1.00 bits per heavy atom. The van der Waals surface area contributed by atoms with E-state index in [0.29, 0.717) is 26.2 Å². The molecule has 2 aromatic carbocycles. The van der Waals surface area contributed by atoms with E-state index in [1.54, 1.807) is 11.3 Å². The maximum atomic E-state index is 13.0. The van der Waals surface area contributed by atoms with Crippen molar-refractivity contribution in [2.75, 3.05) is 0 Å². The summed E-state index contributed by atoms with van der Waals surface area (Å²) in [5, 5.41) is 15.5. The lowest BCUT2D eigenvalue weighted by Gasteiger charge is -2.21. The summed E-state index contributed by atoms with van der Waals surface area (Å²) in [4.78, 5) is 19.6. The van der Waals surface area contributed by atoms with Crippen molar-refractivity contribution in [2.45, 2.75) is 40.0 Å². The van der Waals surface area contributed by atoms with Gasteiger partial charge >= 0.3 is 0 Å². The van der Waals surface area contributed by atoms with Gasteiger partial charge in [0.1, 0.15) is 0 Å². The van der Waals surface area contributed by atoms with E-state index in [1.165, 1.54) is 10.4 Å². The molecule has 0 unspecified atom stereocenters. The summed E-state index contributed by atoms with van der Waals surface area (Å²) in [5.74, 6) is 0.768. The highest BCUT2D eigenvalue weighted by Gasteiger charge is 2.17. The Kier molecular flexibility index (Phi) is 6.33. The van der Waals surface area contributed by atoms with Crippen LogP contribution in [0, 0.1) is 13.8 Å². The second-order valence-electron chi connectivity index (χ2n) is 8.56. The minimum atomic E-state index is -0.0544. The maximum absolute atomic E-state index is 13.0. The van der Waals surface area contributed by atoms with Crippen LogP contribution in [0.3, 0.4) is 0 Å². The van der Waals surface area contributed by atoms with E-state index >= 15 is 0 Å². The van der Waals surface area contributed by atoms with Crippen LogP contribution in [0.2, 0.25) is 0 Å². The SMILES string of the molecule is Cc1ccc2cc(CN(Cc3cccs3)Cc3nnnn3Cc3ccccc3)c(=O)[nH]c2c1C. The molecule has 5 rings (SSSR count). The first-order valence-electron chi connectivity index (χ1n) is 11.2. The van der Waals surface area contributed by atoms with Crippen molar-refractivity contribution in [2.24, 2.45) is 0 Å².